The van der Waals surface area contributed by atoms with Gasteiger partial charge in [-0.3, -0.25) is 10.2 Å². The Morgan fingerprint density at radius 2 is 1.93 bits per heavy atom. The van der Waals surface area contributed by atoms with E-state index in [2.05, 4.69) is 16.8 Å². The number of hydrazine groups is 1. The molecular weight excluding hydrogens is 395 g/mol. The van der Waals surface area contributed by atoms with Crippen molar-refractivity contribution in [2.75, 3.05) is 0 Å². The van der Waals surface area contributed by atoms with E-state index in [0.29, 0.717) is 22.0 Å². The molecule has 0 saturated carbocycles. The molecule has 28 heavy (non-hydrogen) atoms. The van der Waals surface area contributed by atoms with E-state index in [-0.39, 0.29) is 12.1 Å². The molecular formula is C21H16Cl2N4O. The second-order valence-electron chi connectivity index (χ2n) is 6.66. The van der Waals surface area contributed by atoms with E-state index in [9.17, 15) is 4.79 Å². The highest BCUT2D eigenvalue weighted by Crippen LogP contribution is 2.35. The summed E-state index contributed by atoms with van der Waals surface area (Å²) in [4.78, 5) is 12.7. The Bertz CT molecular complexity index is 1070. The second kappa shape index (κ2) is 7.23. The number of amides is 1. The van der Waals surface area contributed by atoms with Crippen LogP contribution in [0, 0.1) is 11.3 Å². The van der Waals surface area contributed by atoms with Gasteiger partial charge in [0, 0.05) is 33.9 Å². The number of rotatable bonds is 2. The van der Waals surface area contributed by atoms with Gasteiger partial charge < -0.3 is 5.32 Å². The first-order valence-electron chi connectivity index (χ1n) is 8.70. The Hall–Kier alpha value is -2.94. The maximum Gasteiger partial charge on any atom is 0.268 e. The number of hydrogen-bond acceptors (Lipinski definition) is 4. The average Bonchev–Trinajstić information content (AvgIpc) is 2.68. The van der Waals surface area contributed by atoms with Crippen molar-refractivity contribution in [2.24, 2.45) is 0 Å². The molecule has 0 saturated heterocycles. The van der Waals surface area contributed by atoms with Crippen LogP contribution in [0.25, 0.3) is 11.3 Å². The number of halogens is 2. The zero-order valence-corrected chi connectivity index (χ0v) is 16.5. The first kappa shape index (κ1) is 18.4. The number of benzene rings is 2. The average molecular weight is 411 g/mol. The fraction of sp³-hybridized carbons (Fsp3) is 0.143. The lowest BCUT2D eigenvalue weighted by atomic mass is 9.96. The van der Waals surface area contributed by atoms with Gasteiger partial charge in [0.2, 0.25) is 0 Å². The molecule has 2 N–H and O–H groups in total. The number of nitrogens with zero attached hydrogens (tertiary/aromatic N) is 2. The number of nitriles is 1. The van der Waals surface area contributed by atoms with Crippen LogP contribution in [0.2, 0.25) is 10.0 Å². The molecule has 0 bridgehead atoms. The van der Waals surface area contributed by atoms with Gasteiger partial charge in [0.1, 0.15) is 6.17 Å². The first-order chi connectivity index (χ1) is 13.5. The molecule has 0 radical (unpaired) electrons. The van der Waals surface area contributed by atoms with Crippen LogP contribution in [0.5, 0.6) is 0 Å². The minimum Gasteiger partial charge on any atom is -0.363 e. The molecule has 140 valence electrons. The number of hydrogen-bond donors (Lipinski definition) is 2. The lowest BCUT2D eigenvalue weighted by Crippen LogP contribution is -2.58. The van der Waals surface area contributed by atoms with Crippen molar-refractivity contribution >= 4 is 40.4 Å². The van der Waals surface area contributed by atoms with Gasteiger partial charge in [-0.25, -0.2) is 5.01 Å². The van der Waals surface area contributed by atoms with Crippen LogP contribution >= 0.6 is 23.2 Å². The number of allylic oxidation sites excluding steroid dienone is 1. The lowest BCUT2D eigenvalue weighted by Gasteiger charge is -2.41. The minimum absolute atomic E-state index is 0.135. The molecule has 2 aromatic rings. The van der Waals surface area contributed by atoms with Gasteiger partial charge in [0.15, 0.2) is 0 Å². The third-order valence-electron chi connectivity index (χ3n) is 4.86. The molecule has 2 aliphatic heterocycles. The van der Waals surface area contributed by atoms with E-state index in [4.69, 9.17) is 28.5 Å². The van der Waals surface area contributed by atoms with Gasteiger partial charge in [-0.1, -0.05) is 41.4 Å². The van der Waals surface area contributed by atoms with Crippen molar-refractivity contribution in [3.63, 3.8) is 0 Å². The molecule has 1 amide bonds. The highest BCUT2D eigenvalue weighted by molar-refractivity contribution is 6.35. The largest absolute Gasteiger partial charge is 0.363 e. The van der Waals surface area contributed by atoms with Crippen molar-refractivity contribution in [1.82, 2.24) is 15.8 Å². The van der Waals surface area contributed by atoms with Crippen LogP contribution in [-0.2, 0) is 4.79 Å². The molecule has 1 unspecified atom stereocenters. The van der Waals surface area contributed by atoms with E-state index in [1.165, 1.54) is 0 Å². The van der Waals surface area contributed by atoms with Gasteiger partial charge in [-0.2, -0.15) is 5.26 Å². The molecule has 1 atom stereocenters. The fourth-order valence-corrected chi connectivity index (χ4v) is 3.96. The smallest absolute Gasteiger partial charge is 0.268 e. The monoisotopic (exact) mass is 410 g/mol. The summed E-state index contributed by atoms with van der Waals surface area (Å²) in [6, 6.07) is 14.6. The predicted molar refractivity (Wildman–Crippen MR) is 110 cm³/mol. The van der Waals surface area contributed by atoms with Gasteiger partial charge in [0.05, 0.1) is 11.6 Å². The predicted octanol–water partition coefficient (Wildman–Crippen LogP) is 4.30. The van der Waals surface area contributed by atoms with Crippen LogP contribution in [0.4, 0.5) is 0 Å². The summed E-state index contributed by atoms with van der Waals surface area (Å²) in [5.74, 6) is -0.135. The third kappa shape index (κ3) is 3.33. The van der Waals surface area contributed by atoms with E-state index in [0.717, 1.165) is 28.1 Å². The highest BCUT2D eigenvalue weighted by atomic mass is 35.5. The Morgan fingerprint density at radius 3 is 2.61 bits per heavy atom. The van der Waals surface area contributed by atoms with Gasteiger partial charge in [-0.15, -0.1) is 0 Å². The topological polar surface area (TPSA) is 68.2 Å². The number of carbonyl (C=O) groups excluding carboxylic acids is 1. The molecule has 0 aromatic heterocycles. The third-order valence-corrected chi connectivity index (χ3v) is 5.41. The summed E-state index contributed by atoms with van der Waals surface area (Å²) >= 11 is 12.4. The molecule has 2 heterocycles. The zero-order valence-electron chi connectivity index (χ0n) is 15.0. The van der Waals surface area contributed by atoms with Crippen LogP contribution in [0.1, 0.15) is 30.0 Å². The maximum absolute atomic E-state index is 12.7. The molecule has 0 fully saturated rings. The van der Waals surface area contributed by atoms with Gasteiger partial charge in [0.25, 0.3) is 5.91 Å². The van der Waals surface area contributed by atoms with Crippen LogP contribution < -0.4 is 10.7 Å². The Morgan fingerprint density at radius 1 is 1.18 bits per heavy atom. The maximum atomic E-state index is 12.7. The van der Waals surface area contributed by atoms with Crippen molar-refractivity contribution in [3.05, 3.63) is 81.0 Å². The first-order valence-corrected chi connectivity index (χ1v) is 9.45. The van der Waals surface area contributed by atoms with Crippen molar-refractivity contribution in [1.29, 1.82) is 5.26 Å². The summed E-state index contributed by atoms with van der Waals surface area (Å²) in [5.41, 5.74) is 8.09. The summed E-state index contributed by atoms with van der Waals surface area (Å²) < 4.78 is 0. The fourth-order valence-electron chi connectivity index (χ4n) is 3.44. The van der Waals surface area contributed by atoms with E-state index < -0.39 is 0 Å². The summed E-state index contributed by atoms with van der Waals surface area (Å²) in [5, 5.41) is 15.1. The molecule has 5 nitrogen and oxygen atoms in total. The van der Waals surface area contributed by atoms with Crippen molar-refractivity contribution in [3.8, 4) is 6.07 Å². The van der Waals surface area contributed by atoms with Gasteiger partial charge in [-0.05, 0) is 47.9 Å². The van der Waals surface area contributed by atoms with E-state index in [1.54, 1.807) is 35.4 Å². The van der Waals surface area contributed by atoms with E-state index in [1.807, 2.05) is 25.1 Å². The van der Waals surface area contributed by atoms with Crippen LogP contribution in [-0.4, -0.2) is 17.1 Å². The summed E-state index contributed by atoms with van der Waals surface area (Å²) in [6.07, 6.45) is 1.87. The number of carbonyl (C=O) groups is 1. The standard InChI is InChI=1S/C21H16Cl2N4O/c1-12-17(16-7-6-15(22)8-18(16)23)9-20-25-19(10-21(28)27(20)26-12)14-4-2-13(11-24)3-5-14/h2-8,10,20,25-26H,9H2,1H3. The number of fused-ring (bicyclic) bond motifs is 1. The quantitative estimate of drug-likeness (QED) is 0.773. The van der Waals surface area contributed by atoms with Crippen molar-refractivity contribution < 1.29 is 4.79 Å². The normalized spacial score (nSPS) is 18.6. The molecule has 2 aliphatic rings. The molecule has 0 aliphatic carbocycles. The van der Waals surface area contributed by atoms with Crippen molar-refractivity contribution in [2.45, 2.75) is 19.5 Å². The zero-order chi connectivity index (χ0) is 19.8. The summed E-state index contributed by atoms with van der Waals surface area (Å²) in [6.45, 7) is 1.92. The van der Waals surface area contributed by atoms with Crippen LogP contribution in [0.3, 0.4) is 0 Å². The Balaban J connectivity index is 1.64. The molecule has 7 heteroatoms. The number of nitrogens with one attached hydrogen (secondary N) is 2. The minimum atomic E-state index is -0.270. The summed E-state index contributed by atoms with van der Waals surface area (Å²) in [7, 11) is 0. The van der Waals surface area contributed by atoms with Crippen LogP contribution in [0.15, 0.2) is 54.2 Å². The van der Waals surface area contributed by atoms with E-state index >= 15 is 0 Å². The Labute approximate surface area is 172 Å². The SMILES string of the molecule is CC1=C(c2ccc(Cl)cc2Cl)CC2NC(c3ccc(C#N)cc3)=CC(=O)N2N1. The Kier molecular flexibility index (Phi) is 4.76. The lowest BCUT2D eigenvalue weighted by molar-refractivity contribution is -0.132. The van der Waals surface area contributed by atoms with Gasteiger partial charge >= 0.3 is 0 Å². The second-order valence-corrected chi connectivity index (χ2v) is 7.50. The highest BCUT2D eigenvalue weighted by Gasteiger charge is 2.34. The molecule has 4 rings (SSSR count). The molecule has 0 spiro atoms. The molecule has 2 aromatic carbocycles.